The van der Waals surface area contributed by atoms with Crippen molar-refractivity contribution in [2.24, 2.45) is 10.9 Å². The van der Waals surface area contributed by atoms with Crippen LogP contribution in [0.2, 0.25) is 0 Å². The van der Waals surface area contributed by atoms with Crippen LogP contribution in [0.25, 0.3) is 33.5 Å². The minimum absolute atomic E-state index is 0.0339. The third-order valence-corrected chi connectivity index (χ3v) is 15.3. The minimum Gasteiger partial charge on any atom is -0.453 e. The quantitative estimate of drug-likeness (QED) is 0.0582. The first-order valence-corrected chi connectivity index (χ1v) is 26.5. The Labute approximate surface area is 448 Å². The summed E-state index contributed by atoms with van der Waals surface area (Å²) in [6.07, 6.45) is 3.35. The molecule has 6 aromatic rings. The number of carbonyl (C=O) groups is 5. The van der Waals surface area contributed by atoms with Gasteiger partial charge in [-0.25, -0.2) is 19.4 Å². The molecule has 1 aliphatic carbocycles. The van der Waals surface area contributed by atoms with Gasteiger partial charge in [0.2, 0.25) is 11.8 Å². The van der Waals surface area contributed by atoms with E-state index in [4.69, 9.17) is 24.2 Å². The second kappa shape index (κ2) is 23.2. The molecule has 398 valence electrons. The van der Waals surface area contributed by atoms with Gasteiger partial charge in [0.1, 0.15) is 30.4 Å². The van der Waals surface area contributed by atoms with Crippen molar-refractivity contribution in [2.45, 2.75) is 88.6 Å². The number of alkyl carbamates (subject to hydrolysis) is 3. The number of imidazole rings is 1. The Bertz CT molecular complexity index is 3090. The molecule has 4 aliphatic rings. The van der Waals surface area contributed by atoms with Gasteiger partial charge in [-0.1, -0.05) is 135 Å². The average molecular weight is 1040 g/mol. The highest BCUT2D eigenvalue weighted by Gasteiger charge is 2.40. The van der Waals surface area contributed by atoms with Crippen molar-refractivity contribution in [3.63, 3.8) is 0 Å². The molecule has 3 aliphatic heterocycles. The van der Waals surface area contributed by atoms with Crippen LogP contribution in [0.15, 0.2) is 133 Å². The Morgan fingerprint density at radius 3 is 1.91 bits per heavy atom. The van der Waals surface area contributed by atoms with Crippen LogP contribution in [0.4, 0.5) is 14.4 Å². The van der Waals surface area contributed by atoms with Gasteiger partial charge in [-0.2, -0.15) is 0 Å². The number of aromatic amines is 1. The molecule has 2 saturated heterocycles. The molecule has 5 atom stereocenters. The molecule has 5 aromatic carbocycles. The zero-order valence-corrected chi connectivity index (χ0v) is 43.8. The van der Waals surface area contributed by atoms with Crippen LogP contribution in [0.1, 0.15) is 91.2 Å². The highest BCUT2D eigenvalue weighted by atomic mass is 16.6. The summed E-state index contributed by atoms with van der Waals surface area (Å²) >= 11 is 0. The number of amidine groups is 1. The number of ether oxygens (including phenoxy) is 3. The van der Waals surface area contributed by atoms with Crippen molar-refractivity contribution in [2.75, 3.05) is 40.5 Å². The predicted octanol–water partition coefficient (Wildman–Crippen LogP) is 8.83. The average Bonchev–Trinajstić information content (AvgIpc) is 4.34. The van der Waals surface area contributed by atoms with Crippen LogP contribution in [0.3, 0.4) is 0 Å². The highest BCUT2D eigenvalue weighted by molar-refractivity contribution is 5.95. The SMILES string of the molecule is COC(=O)N[C@@H](Cc1ccc(CNC(=O)OCC2c3ccccc3-c3ccccc32)cc1)C(=O)N1CCC[C@H]1C1=NCC(c2ccc(-c3ccc(-c4cnc([C@@H]5CCCN5C(=O)[C@@H](NC(=O)OC)C(C)C)[nH]4)cc3)cc2)N1. The zero-order valence-electron chi connectivity index (χ0n) is 43.8. The lowest BCUT2D eigenvalue weighted by Crippen LogP contribution is -2.53. The Kier molecular flexibility index (Phi) is 15.7. The van der Waals surface area contributed by atoms with E-state index < -0.39 is 30.4 Å². The molecule has 1 aromatic heterocycles. The lowest BCUT2D eigenvalue weighted by Gasteiger charge is -2.30. The first-order valence-electron chi connectivity index (χ1n) is 26.5. The summed E-state index contributed by atoms with van der Waals surface area (Å²) in [6.45, 7) is 5.91. The number of aromatic nitrogens is 2. The van der Waals surface area contributed by atoms with E-state index in [1.165, 1.54) is 25.3 Å². The van der Waals surface area contributed by atoms with Crippen LogP contribution in [0, 0.1) is 5.92 Å². The van der Waals surface area contributed by atoms with Gasteiger partial charge in [0.25, 0.3) is 0 Å². The fourth-order valence-electron chi connectivity index (χ4n) is 11.2. The number of carbonyl (C=O) groups excluding carboxylic acids is 5. The van der Waals surface area contributed by atoms with Crippen molar-refractivity contribution in [3.05, 3.63) is 161 Å². The molecule has 17 heteroatoms. The van der Waals surface area contributed by atoms with Gasteiger partial charge in [-0.05, 0) is 87.2 Å². The summed E-state index contributed by atoms with van der Waals surface area (Å²) in [7, 11) is 2.57. The van der Waals surface area contributed by atoms with E-state index in [1.54, 1.807) is 11.1 Å². The fraction of sp³-hybridized carbons (Fsp3) is 0.350. The molecule has 17 nitrogen and oxygen atoms in total. The second-order valence-electron chi connectivity index (χ2n) is 20.4. The number of benzene rings is 5. The first kappa shape index (κ1) is 52.0. The molecule has 5 amide bonds. The first-order chi connectivity index (χ1) is 37.5. The molecule has 5 N–H and O–H groups in total. The minimum atomic E-state index is -0.883. The number of methoxy groups -OCH3 is 2. The molecule has 0 saturated carbocycles. The largest absolute Gasteiger partial charge is 0.453 e. The fourth-order valence-corrected chi connectivity index (χ4v) is 11.2. The van der Waals surface area contributed by atoms with Crippen molar-refractivity contribution in [1.82, 2.24) is 41.0 Å². The van der Waals surface area contributed by atoms with Crippen LogP contribution in [-0.2, 0) is 36.8 Å². The highest BCUT2D eigenvalue weighted by Crippen LogP contribution is 2.44. The number of nitrogens with zero attached hydrogens (tertiary/aromatic N) is 4. The van der Waals surface area contributed by atoms with Crippen molar-refractivity contribution < 1.29 is 38.2 Å². The van der Waals surface area contributed by atoms with E-state index in [2.05, 4.69) is 99.0 Å². The van der Waals surface area contributed by atoms with E-state index >= 15 is 0 Å². The summed E-state index contributed by atoms with van der Waals surface area (Å²) in [5.41, 5.74) is 11.3. The standard InChI is InChI=1S/C60H65N9O8/c1-36(2)53(67-60(74)76-4)57(71)69-30-10-16-52(69)55-62-34-50(65-55)42-27-23-40(24-28-42)39-21-25-41(26-22-39)49-33-61-54(64-49)51-15-9-29-68(51)56(70)48(66-59(73)75-3)31-37-17-19-38(20-18-37)32-63-58(72)77-35-47-45-13-7-5-11-43(45)44-12-6-8-14-46(44)47/h5-8,11-14,17-28,34,36,47-49,51-53H,9-10,15-16,29-33,35H2,1-4H3,(H,61,64)(H,62,65)(H,63,72)(H,66,73)(H,67,74)/t48-,49?,51-,52-,53-/m0/s1. The van der Waals surface area contributed by atoms with Gasteiger partial charge in [0.05, 0.1) is 50.8 Å². The number of nitrogens with one attached hydrogen (secondary N) is 5. The zero-order chi connectivity index (χ0) is 53.6. The normalized spacial score (nSPS) is 18.4. The summed E-state index contributed by atoms with van der Waals surface area (Å²) in [4.78, 5) is 82.2. The Hall–Kier alpha value is -8.47. The number of fused-ring (bicyclic) bond motifs is 3. The molecular formula is C60H65N9O8. The summed E-state index contributed by atoms with van der Waals surface area (Å²) in [5, 5.41) is 12.0. The number of rotatable bonds is 16. The molecule has 0 spiro atoms. The third-order valence-electron chi connectivity index (χ3n) is 15.3. The number of amides is 5. The topological polar surface area (TPSA) is 209 Å². The monoisotopic (exact) mass is 1040 g/mol. The third kappa shape index (κ3) is 11.4. The lowest BCUT2D eigenvalue weighted by molar-refractivity contribution is -0.135. The number of aliphatic imine (C=N–C) groups is 1. The van der Waals surface area contributed by atoms with Gasteiger partial charge in [0.15, 0.2) is 0 Å². The van der Waals surface area contributed by atoms with E-state index in [-0.39, 0.29) is 61.3 Å². The molecule has 4 heterocycles. The Morgan fingerprint density at radius 1 is 0.675 bits per heavy atom. The maximum absolute atomic E-state index is 14.4. The van der Waals surface area contributed by atoms with Gasteiger partial charge in [0, 0.05) is 32.0 Å². The van der Waals surface area contributed by atoms with Gasteiger partial charge in [-0.3, -0.25) is 14.6 Å². The van der Waals surface area contributed by atoms with Crippen molar-refractivity contribution in [3.8, 4) is 33.5 Å². The van der Waals surface area contributed by atoms with E-state index in [0.717, 1.165) is 81.7 Å². The number of H-pyrrole nitrogens is 1. The van der Waals surface area contributed by atoms with E-state index in [9.17, 15) is 24.0 Å². The second-order valence-corrected chi connectivity index (χ2v) is 20.4. The van der Waals surface area contributed by atoms with Crippen LogP contribution >= 0.6 is 0 Å². The van der Waals surface area contributed by atoms with Crippen molar-refractivity contribution in [1.29, 1.82) is 0 Å². The predicted molar refractivity (Wildman–Crippen MR) is 292 cm³/mol. The van der Waals surface area contributed by atoms with Crippen LogP contribution in [-0.4, -0.2) is 114 Å². The summed E-state index contributed by atoms with van der Waals surface area (Å²) in [6, 6.07) is 38.6. The molecule has 2 fully saturated rings. The van der Waals surface area contributed by atoms with Crippen LogP contribution < -0.4 is 21.3 Å². The van der Waals surface area contributed by atoms with Gasteiger partial charge in [-0.15, -0.1) is 0 Å². The van der Waals surface area contributed by atoms with Gasteiger partial charge >= 0.3 is 18.3 Å². The number of hydrogen-bond donors (Lipinski definition) is 5. The molecule has 0 bridgehead atoms. The van der Waals surface area contributed by atoms with E-state index in [1.807, 2.05) is 67.3 Å². The smallest absolute Gasteiger partial charge is 0.407 e. The molecule has 77 heavy (non-hydrogen) atoms. The van der Waals surface area contributed by atoms with E-state index in [0.29, 0.717) is 25.5 Å². The number of likely N-dealkylation sites (tertiary alicyclic amines) is 2. The summed E-state index contributed by atoms with van der Waals surface area (Å²) in [5.74, 6) is 0.957. The molecule has 10 rings (SSSR count). The Morgan fingerprint density at radius 2 is 1.26 bits per heavy atom. The molecule has 1 unspecified atom stereocenters. The lowest BCUT2D eigenvalue weighted by atomic mass is 9.98. The van der Waals surface area contributed by atoms with Gasteiger partial charge < -0.3 is 50.3 Å². The maximum Gasteiger partial charge on any atom is 0.407 e. The molecule has 0 radical (unpaired) electrons. The Balaban J connectivity index is 0.715. The number of hydrogen-bond acceptors (Lipinski definition) is 11. The van der Waals surface area contributed by atoms with Crippen molar-refractivity contribution >= 4 is 35.9 Å². The maximum atomic E-state index is 14.4. The summed E-state index contributed by atoms with van der Waals surface area (Å²) < 4.78 is 15.5. The van der Waals surface area contributed by atoms with Crippen LogP contribution in [0.5, 0.6) is 0 Å². The molecular weight excluding hydrogens is 975 g/mol.